The molecule has 0 aliphatic carbocycles. The summed E-state index contributed by atoms with van der Waals surface area (Å²) in [5.74, 6) is 0. The normalized spacial score (nSPS) is 10.8. The smallest absolute Gasteiger partial charge is 0.0898 e. The van der Waals surface area contributed by atoms with Crippen LogP contribution in [0.3, 0.4) is 0 Å². The van der Waals surface area contributed by atoms with Crippen molar-refractivity contribution < 1.29 is 0 Å². The Balaban J connectivity index is 2.04. The highest BCUT2D eigenvalue weighted by molar-refractivity contribution is 9.09. The van der Waals surface area contributed by atoms with Crippen LogP contribution in [-0.4, -0.2) is 25.3 Å². The van der Waals surface area contributed by atoms with Crippen molar-refractivity contribution in [3.05, 3.63) is 28.0 Å². The molecule has 0 saturated carbocycles. The SMILES string of the molecule is Cc1nc(Cn2cc(CCBr)nn2)cs1. The molecule has 2 aromatic rings. The molecule has 4 nitrogen and oxygen atoms in total. The Kier molecular flexibility index (Phi) is 3.48. The molecule has 0 bridgehead atoms. The zero-order valence-electron chi connectivity index (χ0n) is 8.35. The minimum atomic E-state index is 0.708. The maximum Gasteiger partial charge on any atom is 0.0898 e. The first kappa shape index (κ1) is 10.8. The lowest BCUT2D eigenvalue weighted by Gasteiger charge is -1.94. The second kappa shape index (κ2) is 4.85. The largest absolute Gasteiger partial charge is 0.246 e. The Morgan fingerprint density at radius 1 is 1.47 bits per heavy atom. The molecule has 2 rings (SSSR count). The van der Waals surface area contributed by atoms with E-state index >= 15 is 0 Å². The number of alkyl halides is 1. The van der Waals surface area contributed by atoms with Crippen LogP contribution in [0.15, 0.2) is 11.6 Å². The van der Waals surface area contributed by atoms with E-state index in [0.717, 1.165) is 28.1 Å². The first-order chi connectivity index (χ1) is 7.28. The van der Waals surface area contributed by atoms with Gasteiger partial charge in [-0.3, -0.25) is 0 Å². The number of rotatable bonds is 4. The van der Waals surface area contributed by atoms with Crippen molar-refractivity contribution in [3.63, 3.8) is 0 Å². The van der Waals surface area contributed by atoms with E-state index in [2.05, 4.69) is 36.6 Å². The molecule has 0 aromatic carbocycles. The monoisotopic (exact) mass is 286 g/mol. The van der Waals surface area contributed by atoms with Crippen molar-refractivity contribution in [2.24, 2.45) is 0 Å². The minimum absolute atomic E-state index is 0.708. The van der Waals surface area contributed by atoms with E-state index in [4.69, 9.17) is 0 Å². The number of hydrogen-bond acceptors (Lipinski definition) is 4. The van der Waals surface area contributed by atoms with Crippen LogP contribution in [0.1, 0.15) is 16.4 Å². The van der Waals surface area contributed by atoms with Crippen LogP contribution in [-0.2, 0) is 13.0 Å². The van der Waals surface area contributed by atoms with Gasteiger partial charge in [0.25, 0.3) is 0 Å². The van der Waals surface area contributed by atoms with Gasteiger partial charge in [0.2, 0.25) is 0 Å². The predicted molar refractivity (Wildman–Crippen MR) is 63.5 cm³/mol. The van der Waals surface area contributed by atoms with Gasteiger partial charge in [0.05, 0.1) is 22.9 Å². The third kappa shape index (κ3) is 2.85. The molecule has 0 aliphatic heterocycles. The lowest BCUT2D eigenvalue weighted by atomic mass is 10.4. The van der Waals surface area contributed by atoms with E-state index in [1.165, 1.54) is 0 Å². The zero-order chi connectivity index (χ0) is 10.7. The maximum atomic E-state index is 4.38. The molecule has 0 saturated heterocycles. The van der Waals surface area contributed by atoms with E-state index < -0.39 is 0 Å². The summed E-state index contributed by atoms with van der Waals surface area (Å²) in [6.07, 6.45) is 2.88. The van der Waals surface area contributed by atoms with Gasteiger partial charge in [0.15, 0.2) is 0 Å². The molecular weight excluding hydrogens is 276 g/mol. The average Bonchev–Trinajstić information content (AvgIpc) is 2.78. The number of thiazole rings is 1. The molecule has 0 aliphatic rings. The lowest BCUT2D eigenvalue weighted by molar-refractivity contribution is 0.640. The minimum Gasteiger partial charge on any atom is -0.246 e. The van der Waals surface area contributed by atoms with Crippen LogP contribution < -0.4 is 0 Å². The Labute approximate surface area is 100 Å². The molecule has 15 heavy (non-hydrogen) atoms. The third-order valence-electron chi connectivity index (χ3n) is 1.93. The fraction of sp³-hybridized carbons (Fsp3) is 0.444. The molecule has 0 fully saturated rings. The van der Waals surface area contributed by atoms with Gasteiger partial charge in [0, 0.05) is 23.3 Å². The lowest BCUT2D eigenvalue weighted by Crippen LogP contribution is -2.00. The molecular formula is C9H11BrN4S. The highest BCUT2D eigenvalue weighted by atomic mass is 79.9. The Hall–Kier alpha value is -0.750. The van der Waals surface area contributed by atoms with Crippen LogP contribution in [0.2, 0.25) is 0 Å². The van der Waals surface area contributed by atoms with E-state index in [1.54, 1.807) is 11.3 Å². The van der Waals surface area contributed by atoms with Gasteiger partial charge < -0.3 is 0 Å². The van der Waals surface area contributed by atoms with Crippen LogP contribution in [0.5, 0.6) is 0 Å². The zero-order valence-corrected chi connectivity index (χ0v) is 10.8. The molecule has 6 heteroatoms. The van der Waals surface area contributed by atoms with E-state index in [-0.39, 0.29) is 0 Å². The van der Waals surface area contributed by atoms with Gasteiger partial charge in [-0.05, 0) is 6.92 Å². The van der Waals surface area contributed by atoms with Crippen molar-refractivity contribution in [1.82, 2.24) is 20.0 Å². The van der Waals surface area contributed by atoms with Crippen molar-refractivity contribution in [2.75, 3.05) is 5.33 Å². The standard InChI is InChI=1S/C9H11BrN4S/c1-7-11-9(6-15-7)5-14-4-8(2-3-10)12-13-14/h4,6H,2-3,5H2,1H3. The topological polar surface area (TPSA) is 43.6 Å². The second-order valence-electron chi connectivity index (χ2n) is 3.20. The highest BCUT2D eigenvalue weighted by Crippen LogP contribution is 2.09. The van der Waals surface area contributed by atoms with Gasteiger partial charge in [-0.25, -0.2) is 9.67 Å². The fourth-order valence-corrected chi connectivity index (χ4v) is 2.28. The Morgan fingerprint density at radius 3 is 3.00 bits per heavy atom. The second-order valence-corrected chi connectivity index (χ2v) is 5.06. The van der Waals surface area contributed by atoms with Crippen molar-refractivity contribution in [2.45, 2.75) is 19.9 Å². The number of hydrogen-bond donors (Lipinski definition) is 0. The quantitative estimate of drug-likeness (QED) is 0.808. The fourth-order valence-electron chi connectivity index (χ4n) is 1.27. The molecule has 0 spiro atoms. The average molecular weight is 287 g/mol. The summed E-state index contributed by atoms with van der Waals surface area (Å²) in [5, 5.41) is 12.2. The number of nitrogens with zero attached hydrogens (tertiary/aromatic N) is 4. The van der Waals surface area contributed by atoms with E-state index in [0.29, 0.717) is 6.54 Å². The highest BCUT2D eigenvalue weighted by Gasteiger charge is 2.03. The van der Waals surface area contributed by atoms with E-state index in [9.17, 15) is 0 Å². The number of aromatic nitrogens is 4. The summed E-state index contributed by atoms with van der Waals surface area (Å²) in [6.45, 7) is 2.71. The Morgan fingerprint density at radius 2 is 2.33 bits per heavy atom. The van der Waals surface area contributed by atoms with E-state index in [1.807, 2.05) is 17.8 Å². The van der Waals surface area contributed by atoms with Gasteiger partial charge in [-0.2, -0.15) is 0 Å². The summed E-state index contributed by atoms with van der Waals surface area (Å²) in [4.78, 5) is 4.38. The summed E-state index contributed by atoms with van der Waals surface area (Å²) in [7, 11) is 0. The van der Waals surface area contributed by atoms with Gasteiger partial charge in [-0.1, -0.05) is 21.1 Å². The van der Waals surface area contributed by atoms with Crippen LogP contribution in [0.4, 0.5) is 0 Å². The molecule has 0 radical (unpaired) electrons. The predicted octanol–water partition coefficient (Wildman–Crippen LogP) is 2.03. The molecule has 2 aromatic heterocycles. The molecule has 0 N–H and O–H groups in total. The first-order valence-electron chi connectivity index (χ1n) is 4.64. The number of aryl methyl sites for hydroxylation is 2. The maximum absolute atomic E-state index is 4.38. The molecule has 0 atom stereocenters. The third-order valence-corrected chi connectivity index (χ3v) is 3.15. The summed E-state index contributed by atoms with van der Waals surface area (Å²) in [6, 6.07) is 0. The Bertz CT molecular complexity index is 437. The summed E-state index contributed by atoms with van der Waals surface area (Å²) < 4.78 is 1.83. The molecule has 0 unspecified atom stereocenters. The van der Waals surface area contributed by atoms with Gasteiger partial charge in [-0.15, -0.1) is 16.4 Å². The van der Waals surface area contributed by atoms with Crippen LogP contribution in [0, 0.1) is 6.92 Å². The molecule has 0 amide bonds. The number of halogens is 1. The summed E-state index contributed by atoms with van der Waals surface area (Å²) >= 11 is 5.04. The van der Waals surface area contributed by atoms with Gasteiger partial charge >= 0.3 is 0 Å². The van der Waals surface area contributed by atoms with Crippen molar-refractivity contribution in [1.29, 1.82) is 0 Å². The summed E-state index contributed by atoms with van der Waals surface area (Å²) in [5.41, 5.74) is 2.06. The van der Waals surface area contributed by atoms with Crippen molar-refractivity contribution >= 4 is 27.3 Å². The first-order valence-corrected chi connectivity index (χ1v) is 6.64. The van der Waals surface area contributed by atoms with Gasteiger partial charge in [0.1, 0.15) is 0 Å². The molecule has 2 heterocycles. The van der Waals surface area contributed by atoms with Crippen LogP contribution >= 0.6 is 27.3 Å². The van der Waals surface area contributed by atoms with Crippen LogP contribution in [0.25, 0.3) is 0 Å². The van der Waals surface area contributed by atoms with Crippen molar-refractivity contribution in [3.8, 4) is 0 Å². The molecule has 80 valence electrons.